The third-order valence-electron chi connectivity index (χ3n) is 2.52. The van der Waals surface area contributed by atoms with Crippen LogP contribution in [0.5, 0.6) is 5.75 Å². The van der Waals surface area contributed by atoms with Crippen LogP contribution in [0.1, 0.15) is 5.56 Å². The van der Waals surface area contributed by atoms with Crippen molar-refractivity contribution >= 4 is 5.69 Å². The number of hydrogen-bond acceptors (Lipinski definition) is 5. The lowest BCUT2D eigenvalue weighted by molar-refractivity contribution is 0.244. The van der Waals surface area contributed by atoms with E-state index in [2.05, 4.69) is 15.5 Å². The Morgan fingerprint density at radius 3 is 2.93 bits per heavy atom. The molecule has 6 nitrogen and oxygen atoms in total. The van der Waals surface area contributed by atoms with Crippen LogP contribution >= 0.6 is 0 Å². The molecule has 2 aromatic rings. The Morgan fingerprint density at radius 1 is 1.47 bits per heavy atom. The van der Waals surface area contributed by atoms with Crippen molar-refractivity contribution in [1.82, 2.24) is 20.2 Å². The number of nitrogen functional groups attached to an aromatic ring is 1. The van der Waals surface area contributed by atoms with Gasteiger partial charge < -0.3 is 10.5 Å². The highest BCUT2D eigenvalue weighted by Gasteiger charge is 2.24. The summed E-state index contributed by atoms with van der Waals surface area (Å²) < 4.78 is 6.88. The summed E-state index contributed by atoms with van der Waals surface area (Å²) in [5, 5.41) is 11.3. The van der Waals surface area contributed by atoms with Gasteiger partial charge in [0.2, 0.25) is 0 Å². The van der Waals surface area contributed by atoms with Crippen molar-refractivity contribution in [3.8, 4) is 17.1 Å². The molecule has 0 saturated carbocycles. The highest BCUT2D eigenvalue weighted by molar-refractivity contribution is 5.78. The van der Waals surface area contributed by atoms with Gasteiger partial charge in [-0.05, 0) is 22.6 Å². The van der Waals surface area contributed by atoms with E-state index in [9.17, 15) is 0 Å². The molecule has 0 amide bonds. The van der Waals surface area contributed by atoms with E-state index in [-0.39, 0.29) is 0 Å². The smallest absolute Gasteiger partial charge is 0.184 e. The average molecular weight is 203 g/mol. The number of hydrogen-bond donors (Lipinski definition) is 1. The van der Waals surface area contributed by atoms with Gasteiger partial charge in [0.25, 0.3) is 0 Å². The molecule has 0 radical (unpaired) electrons. The molecule has 1 aliphatic heterocycles. The molecule has 3 rings (SSSR count). The first kappa shape index (κ1) is 8.22. The molecular weight excluding hydrogens is 194 g/mol. The quantitative estimate of drug-likeness (QED) is 0.676. The standard InChI is InChI=1S/C9H9N5O/c1-14-9(11-12-13-14)8-5-4-15-7(5)3-2-6(8)10/h2-3H,4,10H2,1H3. The Morgan fingerprint density at radius 2 is 2.33 bits per heavy atom. The number of rotatable bonds is 1. The molecule has 0 fully saturated rings. The molecule has 0 unspecified atom stereocenters. The van der Waals surface area contributed by atoms with E-state index in [0.29, 0.717) is 18.1 Å². The minimum Gasteiger partial charge on any atom is -0.488 e. The molecule has 1 aromatic carbocycles. The number of tetrazole rings is 1. The number of ether oxygens (including phenoxy) is 1. The number of nitrogens with zero attached hydrogens (tertiary/aromatic N) is 4. The second-order valence-corrected chi connectivity index (χ2v) is 3.42. The predicted octanol–water partition coefficient (Wildman–Crippen LogP) is 0.352. The van der Waals surface area contributed by atoms with Crippen LogP contribution in [-0.4, -0.2) is 20.2 Å². The van der Waals surface area contributed by atoms with E-state index in [1.54, 1.807) is 11.7 Å². The minimum atomic E-state index is 0.572. The predicted molar refractivity (Wildman–Crippen MR) is 53.0 cm³/mol. The summed E-state index contributed by atoms with van der Waals surface area (Å²) in [7, 11) is 1.79. The molecule has 0 saturated heterocycles. The third-order valence-corrected chi connectivity index (χ3v) is 2.52. The fraction of sp³-hybridized carbons (Fsp3) is 0.222. The van der Waals surface area contributed by atoms with Crippen molar-refractivity contribution in [1.29, 1.82) is 0 Å². The lowest BCUT2D eigenvalue weighted by Crippen LogP contribution is -2.13. The first-order valence-corrected chi connectivity index (χ1v) is 4.54. The monoisotopic (exact) mass is 203 g/mol. The molecule has 1 aliphatic rings. The molecule has 0 spiro atoms. The van der Waals surface area contributed by atoms with E-state index in [4.69, 9.17) is 10.5 Å². The Hall–Kier alpha value is -2.11. The van der Waals surface area contributed by atoms with Crippen LogP contribution in [0.3, 0.4) is 0 Å². The average Bonchev–Trinajstić information content (AvgIpc) is 2.57. The number of anilines is 1. The summed E-state index contributed by atoms with van der Waals surface area (Å²) in [4.78, 5) is 0. The molecule has 6 heteroatoms. The number of benzene rings is 1. The van der Waals surface area contributed by atoms with Gasteiger partial charge in [-0.25, -0.2) is 4.68 Å². The van der Waals surface area contributed by atoms with Gasteiger partial charge in [0.05, 0.1) is 5.56 Å². The Balaban J connectivity index is 2.28. The van der Waals surface area contributed by atoms with Crippen LogP contribution in [0, 0.1) is 0 Å². The van der Waals surface area contributed by atoms with E-state index in [0.717, 1.165) is 16.9 Å². The lowest BCUT2D eigenvalue weighted by Gasteiger charge is -2.23. The van der Waals surface area contributed by atoms with Gasteiger partial charge in [0.1, 0.15) is 12.4 Å². The molecule has 0 bridgehead atoms. The maximum absolute atomic E-state index is 5.92. The molecule has 2 N–H and O–H groups in total. The summed E-state index contributed by atoms with van der Waals surface area (Å²) in [5.74, 6) is 1.54. The Bertz CT molecular complexity index is 533. The molecule has 76 valence electrons. The van der Waals surface area contributed by atoms with Crippen molar-refractivity contribution in [2.45, 2.75) is 6.61 Å². The van der Waals surface area contributed by atoms with Crippen molar-refractivity contribution in [2.24, 2.45) is 7.05 Å². The minimum absolute atomic E-state index is 0.572. The van der Waals surface area contributed by atoms with Gasteiger partial charge >= 0.3 is 0 Å². The zero-order valence-corrected chi connectivity index (χ0v) is 8.14. The van der Waals surface area contributed by atoms with Crippen molar-refractivity contribution in [3.63, 3.8) is 0 Å². The first-order chi connectivity index (χ1) is 7.27. The maximum Gasteiger partial charge on any atom is 0.184 e. The third kappa shape index (κ3) is 1.01. The zero-order valence-electron chi connectivity index (χ0n) is 8.14. The Labute approximate surface area is 85.6 Å². The largest absolute Gasteiger partial charge is 0.488 e. The van der Waals surface area contributed by atoms with Crippen LogP contribution in [-0.2, 0) is 13.7 Å². The van der Waals surface area contributed by atoms with Crippen molar-refractivity contribution in [2.75, 3.05) is 5.73 Å². The van der Waals surface area contributed by atoms with Gasteiger partial charge in [0.15, 0.2) is 5.82 Å². The van der Waals surface area contributed by atoms with Crippen LogP contribution in [0.4, 0.5) is 5.69 Å². The van der Waals surface area contributed by atoms with E-state index in [1.807, 2.05) is 12.1 Å². The van der Waals surface area contributed by atoms with Gasteiger partial charge in [0, 0.05) is 18.3 Å². The molecule has 2 heterocycles. The van der Waals surface area contributed by atoms with Crippen molar-refractivity contribution < 1.29 is 4.74 Å². The van der Waals surface area contributed by atoms with Crippen molar-refractivity contribution in [3.05, 3.63) is 17.7 Å². The van der Waals surface area contributed by atoms with Gasteiger partial charge in [-0.15, -0.1) is 5.10 Å². The summed E-state index contributed by atoms with van der Waals surface area (Å²) in [6.07, 6.45) is 0. The second-order valence-electron chi connectivity index (χ2n) is 3.42. The van der Waals surface area contributed by atoms with Gasteiger partial charge in [-0.3, -0.25) is 0 Å². The first-order valence-electron chi connectivity index (χ1n) is 4.54. The highest BCUT2D eigenvalue weighted by Crippen LogP contribution is 2.39. The molecule has 1 aromatic heterocycles. The molecule has 15 heavy (non-hydrogen) atoms. The second kappa shape index (κ2) is 2.69. The molecule has 0 atom stereocenters. The maximum atomic E-state index is 5.92. The fourth-order valence-electron chi connectivity index (χ4n) is 1.70. The number of fused-ring (bicyclic) bond motifs is 1. The Kier molecular flexibility index (Phi) is 1.47. The fourth-order valence-corrected chi connectivity index (χ4v) is 1.70. The lowest BCUT2D eigenvalue weighted by atomic mass is 10.0. The van der Waals surface area contributed by atoms with Crippen LogP contribution in [0.25, 0.3) is 11.4 Å². The van der Waals surface area contributed by atoms with Gasteiger partial charge in [-0.2, -0.15) is 0 Å². The van der Waals surface area contributed by atoms with Crippen LogP contribution in [0.2, 0.25) is 0 Å². The summed E-state index contributed by atoms with van der Waals surface area (Å²) >= 11 is 0. The SMILES string of the molecule is Cn1nnnc1-c1c(N)ccc2c1CO2. The number of aryl methyl sites for hydroxylation is 1. The summed E-state index contributed by atoms with van der Waals surface area (Å²) in [5.41, 5.74) is 8.55. The molecule has 0 aliphatic carbocycles. The summed E-state index contributed by atoms with van der Waals surface area (Å²) in [6, 6.07) is 3.67. The van der Waals surface area contributed by atoms with E-state index < -0.39 is 0 Å². The van der Waals surface area contributed by atoms with Crippen LogP contribution < -0.4 is 10.5 Å². The topological polar surface area (TPSA) is 78.9 Å². The normalized spacial score (nSPS) is 12.9. The van der Waals surface area contributed by atoms with Crippen LogP contribution in [0.15, 0.2) is 12.1 Å². The number of nitrogens with two attached hydrogens (primary N) is 1. The highest BCUT2D eigenvalue weighted by atomic mass is 16.5. The zero-order chi connectivity index (χ0) is 10.4. The van der Waals surface area contributed by atoms with E-state index >= 15 is 0 Å². The number of aromatic nitrogens is 4. The summed E-state index contributed by atoms with van der Waals surface area (Å²) in [6.45, 7) is 0.572. The van der Waals surface area contributed by atoms with E-state index in [1.165, 1.54) is 0 Å². The molecular formula is C9H9N5O. The van der Waals surface area contributed by atoms with Gasteiger partial charge in [-0.1, -0.05) is 0 Å².